The van der Waals surface area contributed by atoms with E-state index in [1.54, 1.807) is 0 Å². The second-order valence-corrected chi connectivity index (χ2v) is 14.8. The highest BCUT2D eigenvalue weighted by Crippen LogP contribution is 2.71. The van der Waals surface area contributed by atoms with E-state index in [4.69, 9.17) is 16.3 Å². The summed E-state index contributed by atoms with van der Waals surface area (Å²) in [5, 5.41) is 0. The van der Waals surface area contributed by atoms with Crippen LogP contribution in [0.25, 0.3) is 0 Å². The molecule has 0 aromatic heterocycles. The summed E-state index contributed by atoms with van der Waals surface area (Å²) in [6.07, 6.45) is 14.7. The van der Waals surface area contributed by atoms with Crippen LogP contribution in [-0.4, -0.2) is 11.5 Å². The van der Waals surface area contributed by atoms with E-state index in [2.05, 4.69) is 41.5 Å². The van der Waals surface area contributed by atoms with Crippen molar-refractivity contribution in [2.75, 3.05) is 0 Å². The Morgan fingerprint density at radius 2 is 1.64 bits per heavy atom. The number of carbonyl (C=O) groups excluding carboxylic acids is 1. The van der Waals surface area contributed by atoms with Gasteiger partial charge in [-0.25, -0.2) is 0 Å². The van der Waals surface area contributed by atoms with Crippen molar-refractivity contribution in [3.8, 4) is 0 Å². The lowest BCUT2D eigenvalue weighted by atomic mass is 9.41. The van der Waals surface area contributed by atoms with Crippen LogP contribution in [0.4, 0.5) is 0 Å². The zero-order valence-electron chi connectivity index (χ0n) is 22.2. The molecule has 0 spiro atoms. The summed E-state index contributed by atoms with van der Waals surface area (Å²) in [6, 6.07) is 0. The number of halogens is 1. The van der Waals surface area contributed by atoms with E-state index in [1.165, 1.54) is 57.8 Å². The van der Waals surface area contributed by atoms with Crippen molar-refractivity contribution in [3.63, 3.8) is 0 Å². The number of alkyl halides is 1. The molecule has 0 aromatic rings. The standard InChI is InChI=1S/C30H49ClO2/c1-18(2)8-7-9-19(3)22-12-13-23-21-11-10-20-16-30(6)25(26(32)33-27(30)31)17-29(20,5)24(21)14-15-28(22,23)4/h18-25,27H,7-17H2,1-6H3/t19-,20+,21+,22-,23+,24+,25+,27+,28-,29+,30+/m1/s1. The Morgan fingerprint density at radius 3 is 2.36 bits per heavy atom. The molecule has 5 rings (SSSR count). The van der Waals surface area contributed by atoms with Crippen LogP contribution in [0, 0.1) is 63.6 Å². The molecule has 0 radical (unpaired) electrons. The predicted octanol–water partition coefficient (Wildman–Crippen LogP) is 8.46. The van der Waals surface area contributed by atoms with Crippen molar-refractivity contribution in [1.29, 1.82) is 0 Å². The number of ether oxygens (including phenoxy) is 1. The van der Waals surface area contributed by atoms with Gasteiger partial charge in [-0.05, 0) is 104 Å². The molecule has 2 nitrogen and oxygen atoms in total. The van der Waals surface area contributed by atoms with Crippen molar-refractivity contribution in [2.45, 2.75) is 118 Å². The fourth-order valence-corrected chi connectivity index (χ4v) is 10.8. The lowest BCUT2D eigenvalue weighted by molar-refractivity contribution is -0.155. The van der Waals surface area contributed by atoms with Crippen LogP contribution in [0.1, 0.15) is 112 Å². The van der Waals surface area contributed by atoms with Gasteiger partial charge >= 0.3 is 5.97 Å². The number of hydrogen-bond donors (Lipinski definition) is 0. The molecule has 4 saturated carbocycles. The third kappa shape index (κ3) is 3.65. The Kier molecular flexibility index (Phi) is 6.24. The van der Waals surface area contributed by atoms with Crippen LogP contribution in [0.2, 0.25) is 0 Å². The first-order valence-corrected chi connectivity index (χ1v) is 14.8. The van der Waals surface area contributed by atoms with E-state index in [0.29, 0.717) is 11.3 Å². The minimum absolute atomic E-state index is 0.00520. The van der Waals surface area contributed by atoms with Crippen LogP contribution in [0.5, 0.6) is 0 Å². The van der Waals surface area contributed by atoms with Crippen molar-refractivity contribution >= 4 is 17.6 Å². The van der Waals surface area contributed by atoms with Gasteiger partial charge in [0.05, 0.1) is 5.92 Å². The first kappa shape index (κ1) is 24.5. The summed E-state index contributed by atoms with van der Waals surface area (Å²) >= 11 is 6.58. The van der Waals surface area contributed by atoms with Gasteiger partial charge in [0.15, 0.2) is 5.56 Å². The van der Waals surface area contributed by atoms with Crippen molar-refractivity contribution < 1.29 is 9.53 Å². The van der Waals surface area contributed by atoms with Crippen molar-refractivity contribution in [1.82, 2.24) is 0 Å². The van der Waals surface area contributed by atoms with E-state index in [9.17, 15) is 4.79 Å². The summed E-state index contributed by atoms with van der Waals surface area (Å²) in [5.41, 5.74) is 0.232. The van der Waals surface area contributed by atoms with Gasteiger partial charge in [0, 0.05) is 5.41 Å². The summed E-state index contributed by atoms with van der Waals surface area (Å²) in [7, 11) is 0. The van der Waals surface area contributed by atoms with Crippen LogP contribution >= 0.6 is 11.6 Å². The predicted molar refractivity (Wildman–Crippen MR) is 136 cm³/mol. The molecule has 1 saturated heterocycles. The molecule has 5 fully saturated rings. The van der Waals surface area contributed by atoms with Gasteiger partial charge in [0.2, 0.25) is 0 Å². The highest BCUT2D eigenvalue weighted by Gasteiger charge is 2.66. The van der Waals surface area contributed by atoms with Gasteiger partial charge in [0.1, 0.15) is 0 Å². The molecule has 1 heterocycles. The zero-order valence-corrected chi connectivity index (χ0v) is 22.9. The van der Waals surface area contributed by atoms with Crippen molar-refractivity contribution in [2.24, 2.45) is 63.6 Å². The van der Waals surface area contributed by atoms with Gasteiger partial charge in [-0.15, -0.1) is 0 Å². The Balaban J connectivity index is 1.33. The van der Waals surface area contributed by atoms with Gasteiger partial charge in [-0.1, -0.05) is 72.4 Å². The molecule has 0 N–H and O–H groups in total. The topological polar surface area (TPSA) is 26.3 Å². The molecule has 11 atom stereocenters. The van der Waals surface area contributed by atoms with E-state index in [1.807, 2.05) is 0 Å². The first-order valence-electron chi connectivity index (χ1n) is 14.3. The minimum Gasteiger partial charge on any atom is -0.445 e. The molecule has 4 aliphatic carbocycles. The monoisotopic (exact) mass is 476 g/mol. The second-order valence-electron chi connectivity index (χ2n) is 14.4. The maximum atomic E-state index is 12.8. The normalized spacial score (nSPS) is 52.0. The summed E-state index contributed by atoms with van der Waals surface area (Å²) in [4.78, 5) is 12.8. The number of rotatable bonds is 5. The van der Waals surface area contributed by atoms with E-state index >= 15 is 0 Å². The van der Waals surface area contributed by atoms with Crippen LogP contribution in [0.3, 0.4) is 0 Å². The molecule has 3 heteroatoms. The molecule has 0 amide bonds. The number of esters is 1. The average molecular weight is 477 g/mol. The van der Waals surface area contributed by atoms with E-state index < -0.39 is 5.56 Å². The highest BCUT2D eigenvalue weighted by atomic mass is 35.5. The van der Waals surface area contributed by atoms with Gasteiger partial charge in [0.25, 0.3) is 0 Å². The summed E-state index contributed by atoms with van der Waals surface area (Å²) in [5.74, 6) is 5.86. The third-order valence-corrected chi connectivity index (χ3v) is 13.0. The molecule has 1 aliphatic heterocycles. The van der Waals surface area contributed by atoms with Gasteiger partial charge in [-0.2, -0.15) is 0 Å². The Morgan fingerprint density at radius 1 is 0.909 bits per heavy atom. The lowest BCUT2D eigenvalue weighted by Gasteiger charge is -2.63. The van der Waals surface area contributed by atoms with Crippen molar-refractivity contribution in [3.05, 3.63) is 0 Å². The molecular formula is C30H49ClO2. The van der Waals surface area contributed by atoms with Gasteiger partial charge in [-0.3, -0.25) is 4.79 Å². The molecule has 33 heavy (non-hydrogen) atoms. The van der Waals surface area contributed by atoms with E-state index in [-0.39, 0.29) is 22.7 Å². The highest BCUT2D eigenvalue weighted by molar-refractivity contribution is 6.21. The molecule has 0 aromatic carbocycles. The van der Waals surface area contributed by atoms with Crippen LogP contribution in [0.15, 0.2) is 0 Å². The maximum Gasteiger partial charge on any atom is 0.311 e. The second kappa shape index (κ2) is 8.41. The Labute approximate surface area is 208 Å². The first-order chi connectivity index (χ1) is 15.5. The molecule has 0 bridgehead atoms. The summed E-state index contributed by atoms with van der Waals surface area (Å²) in [6.45, 7) is 14.8. The Hall–Kier alpha value is -0.240. The lowest BCUT2D eigenvalue weighted by Crippen LogP contribution is -2.57. The smallest absolute Gasteiger partial charge is 0.311 e. The third-order valence-electron chi connectivity index (χ3n) is 12.4. The fraction of sp³-hybridized carbons (Fsp3) is 0.967. The quantitative estimate of drug-likeness (QED) is 0.293. The maximum absolute atomic E-state index is 12.8. The molecule has 188 valence electrons. The number of fused-ring (bicyclic) bond motifs is 6. The minimum atomic E-state index is -0.431. The molecule has 0 unspecified atom stereocenters. The van der Waals surface area contributed by atoms with Gasteiger partial charge < -0.3 is 4.74 Å². The van der Waals surface area contributed by atoms with Crippen LogP contribution < -0.4 is 0 Å². The van der Waals surface area contributed by atoms with Crippen LogP contribution in [-0.2, 0) is 9.53 Å². The summed E-state index contributed by atoms with van der Waals surface area (Å²) < 4.78 is 5.60. The number of cyclic esters (lactones) is 1. The number of hydrogen-bond acceptors (Lipinski definition) is 2. The Bertz CT molecular complexity index is 764. The SMILES string of the molecule is CC(C)CCC[C@@H](C)[C@H]1CC[C@H]2[C@@H]3CC[C@H]4C[C@]5(C)[C@@H](Cl)OC(=O)[C@@H]5C[C@]4(C)[C@H]3CC[C@]12C. The molecule has 5 aliphatic rings. The molecular weight excluding hydrogens is 428 g/mol. The average Bonchev–Trinajstić information content (AvgIpc) is 3.20. The zero-order chi connectivity index (χ0) is 23.8. The fourth-order valence-electron chi connectivity index (χ4n) is 10.5. The largest absolute Gasteiger partial charge is 0.445 e. The van der Waals surface area contributed by atoms with E-state index in [0.717, 1.165) is 48.3 Å². The number of carbonyl (C=O) groups is 1.